The van der Waals surface area contributed by atoms with Crippen molar-refractivity contribution in [3.63, 3.8) is 0 Å². The molecule has 0 spiro atoms. The van der Waals surface area contributed by atoms with Gasteiger partial charge >= 0.3 is 0 Å². The predicted molar refractivity (Wildman–Crippen MR) is 104 cm³/mol. The number of carbonyl (C=O) groups excluding carboxylic acids is 2. The highest BCUT2D eigenvalue weighted by molar-refractivity contribution is 5.85. The molecule has 27 heavy (non-hydrogen) atoms. The molecule has 6 heteroatoms. The number of methoxy groups -OCH3 is 1. The number of ether oxygens (including phenoxy) is 1. The molecular formula is C21H31N3O3. The summed E-state index contributed by atoms with van der Waals surface area (Å²) in [6.45, 7) is 4.09. The second-order valence-corrected chi connectivity index (χ2v) is 7.61. The first-order chi connectivity index (χ1) is 13.1. The number of para-hydroxylation sites is 1. The first-order valence-electron chi connectivity index (χ1n) is 10.0. The molecule has 2 heterocycles. The van der Waals surface area contributed by atoms with Gasteiger partial charge in [-0.25, -0.2) is 0 Å². The van der Waals surface area contributed by atoms with Crippen molar-refractivity contribution in [3.8, 4) is 5.75 Å². The number of nitrogens with zero attached hydrogens (tertiary/aromatic N) is 2. The predicted octanol–water partition coefficient (Wildman–Crippen LogP) is 2.33. The number of unbranched alkanes of at least 4 members (excludes halogenated alkanes) is 1. The monoisotopic (exact) mass is 373 g/mol. The topological polar surface area (TPSA) is 75.9 Å². The van der Waals surface area contributed by atoms with E-state index in [4.69, 9.17) is 10.5 Å². The number of carbonyl (C=O) groups is 2. The summed E-state index contributed by atoms with van der Waals surface area (Å²) in [4.78, 5) is 29.9. The summed E-state index contributed by atoms with van der Waals surface area (Å²) in [5.41, 5.74) is 6.94. The number of hydrogen-bond acceptors (Lipinski definition) is 4. The fraction of sp³-hybridized carbons (Fsp3) is 0.619. The van der Waals surface area contributed by atoms with Crippen molar-refractivity contribution >= 4 is 11.8 Å². The Hall–Kier alpha value is -2.08. The van der Waals surface area contributed by atoms with Crippen molar-refractivity contribution < 1.29 is 14.3 Å². The number of rotatable bonds is 6. The van der Waals surface area contributed by atoms with Gasteiger partial charge in [-0.1, -0.05) is 31.5 Å². The van der Waals surface area contributed by atoms with Crippen molar-refractivity contribution in [1.82, 2.24) is 9.80 Å². The Kier molecular flexibility index (Phi) is 6.37. The third kappa shape index (κ3) is 4.10. The van der Waals surface area contributed by atoms with Crippen LogP contribution in [0.4, 0.5) is 0 Å². The van der Waals surface area contributed by atoms with E-state index in [2.05, 4.69) is 6.92 Å². The molecule has 2 saturated heterocycles. The van der Waals surface area contributed by atoms with E-state index in [1.165, 1.54) is 0 Å². The highest BCUT2D eigenvalue weighted by atomic mass is 16.5. The number of nitrogens with two attached hydrogens (primary N) is 1. The van der Waals surface area contributed by atoms with E-state index in [0.29, 0.717) is 32.5 Å². The second kappa shape index (κ2) is 8.74. The van der Waals surface area contributed by atoms with Gasteiger partial charge in [-0.15, -0.1) is 0 Å². The lowest BCUT2D eigenvalue weighted by molar-refractivity contribution is -0.147. The van der Waals surface area contributed by atoms with Gasteiger partial charge in [0.15, 0.2) is 0 Å². The fourth-order valence-electron chi connectivity index (χ4n) is 4.32. The summed E-state index contributed by atoms with van der Waals surface area (Å²) in [5, 5.41) is 0. The first-order valence-corrected chi connectivity index (χ1v) is 10.0. The van der Waals surface area contributed by atoms with E-state index in [9.17, 15) is 9.59 Å². The fourth-order valence-corrected chi connectivity index (χ4v) is 4.32. The van der Waals surface area contributed by atoms with Gasteiger partial charge in [0.05, 0.1) is 19.1 Å². The van der Waals surface area contributed by atoms with Gasteiger partial charge in [0, 0.05) is 37.7 Å². The molecule has 2 aliphatic heterocycles. The molecule has 2 fully saturated rings. The minimum absolute atomic E-state index is 0.0556. The minimum Gasteiger partial charge on any atom is -0.496 e. The molecule has 148 valence electrons. The molecule has 1 aromatic carbocycles. The molecule has 2 N–H and O–H groups in total. The standard InChI is InChI=1S/C21H31N3O3/c1-3-4-12-24-19(25)10-9-17(21(26)23-13-11-15(22)14-23)20(24)16-7-5-6-8-18(16)27-2/h5-8,15,17,20H,3-4,9-14,22H2,1-2H3/t15-,17+,20-/m1/s1. The van der Waals surface area contributed by atoms with Crippen LogP contribution < -0.4 is 10.5 Å². The summed E-state index contributed by atoms with van der Waals surface area (Å²) in [5.74, 6) is 0.727. The molecule has 0 bridgehead atoms. The SMILES string of the molecule is CCCCN1C(=O)CC[C@H](C(=O)N2CC[C@@H](N)C2)[C@H]1c1ccccc1OC. The number of likely N-dealkylation sites (tertiary alicyclic amines) is 2. The van der Waals surface area contributed by atoms with E-state index in [1.807, 2.05) is 34.1 Å². The maximum atomic E-state index is 13.3. The summed E-state index contributed by atoms with van der Waals surface area (Å²) in [6, 6.07) is 7.52. The molecule has 6 nitrogen and oxygen atoms in total. The summed E-state index contributed by atoms with van der Waals surface area (Å²) in [7, 11) is 1.64. The molecule has 0 aromatic heterocycles. The average molecular weight is 373 g/mol. The van der Waals surface area contributed by atoms with Gasteiger partial charge in [0.1, 0.15) is 5.75 Å². The van der Waals surface area contributed by atoms with Crippen LogP contribution in [0.2, 0.25) is 0 Å². The van der Waals surface area contributed by atoms with Crippen LogP contribution in [0.5, 0.6) is 5.75 Å². The van der Waals surface area contributed by atoms with Crippen LogP contribution in [0.1, 0.15) is 50.6 Å². The quantitative estimate of drug-likeness (QED) is 0.830. The molecule has 3 atom stereocenters. The van der Waals surface area contributed by atoms with Gasteiger partial charge in [-0.05, 0) is 25.3 Å². The van der Waals surface area contributed by atoms with Crippen LogP contribution in [-0.2, 0) is 9.59 Å². The van der Waals surface area contributed by atoms with Gasteiger partial charge in [0.2, 0.25) is 11.8 Å². The molecular weight excluding hydrogens is 342 g/mol. The largest absolute Gasteiger partial charge is 0.496 e. The first kappa shape index (κ1) is 19.7. The van der Waals surface area contributed by atoms with Crippen molar-refractivity contribution in [2.75, 3.05) is 26.7 Å². The number of benzene rings is 1. The Morgan fingerprint density at radius 1 is 1.30 bits per heavy atom. The van der Waals surface area contributed by atoms with Crippen LogP contribution in [0.25, 0.3) is 0 Å². The third-order valence-corrected chi connectivity index (χ3v) is 5.77. The van der Waals surface area contributed by atoms with E-state index < -0.39 is 0 Å². The summed E-state index contributed by atoms with van der Waals surface area (Å²) in [6.07, 6.45) is 3.77. The van der Waals surface area contributed by atoms with Crippen LogP contribution in [0, 0.1) is 5.92 Å². The van der Waals surface area contributed by atoms with E-state index in [1.54, 1.807) is 7.11 Å². The molecule has 0 saturated carbocycles. The Labute approximate surface area is 161 Å². The maximum absolute atomic E-state index is 13.3. The lowest BCUT2D eigenvalue weighted by Gasteiger charge is -2.42. The van der Waals surface area contributed by atoms with E-state index >= 15 is 0 Å². The zero-order valence-corrected chi connectivity index (χ0v) is 16.4. The lowest BCUT2D eigenvalue weighted by atomic mass is 9.82. The van der Waals surface area contributed by atoms with E-state index in [-0.39, 0.29) is 29.8 Å². The van der Waals surface area contributed by atoms with Gasteiger partial charge < -0.3 is 20.3 Å². The molecule has 2 aliphatic rings. The third-order valence-electron chi connectivity index (χ3n) is 5.77. The zero-order chi connectivity index (χ0) is 19.4. The molecule has 1 aromatic rings. The van der Waals surface area contributed by atoms with Crippen LogP contribution in [0.15, 0.2) is 24.3 Å². The highest BCUT2D eigenvalue weighted by Crippen LogP contribution is 2.41. The molecule has 2 amide bonds. The summed E-state index contributed by atoms with van der Waals surface area (Å²) >= 11 is 0. The maximum Gasteiger partial charge on any atom is 0.228 e. The minimum atomic E-state index is -0.279. The van der Waals surface area contributed by atoms with Gasteiger partial charge in [-0.2, -0.15) is 0 Å². The van der Waals surface area contributed by atoms with Crippen LogP contribution in [0.3, 0.4) is 0 Å². The second-order valence-electron chi connectivity index (χ2n) is 7.61. The van der Waals surface area contributed by atoms with Crippen molar-refractivity contribution in [3.05, 3.63) is 29.8 Å². The lowest BCUT2D eigenvalue weighted by Crippen LogP contribution is -2.49. The van der Waals surface area contributed by atoms with Crippen LogP contribution in [-0.4, -0.2) is 54.4 Å². The molecule has 0 aliphatic carbocycles. The number of amides is 2. The summed E-state index contributed by atoms with van der Waals surface area (Å²) < 4.78 is 5.57. The van der Waals surface area contributed by atoms with Crippen molar-refractivity contribution in [2.45, 2.75) is 51.1 Å². The number of piperidine rings is 1. The normalized spacial score (nSPS) is 25.7. The molecule has 3 rings (SSSR count). The highest BCUT2D eigenvalue weighted by Gasteiger charge is 2.43. The molecule has 0 radical (unpaired) electrons. The Morgan fingerprint density at radius 3 is 2.74 bits per heavy atom. The van der Waals surface area contributed by atoms with Gasteiger partial charge in [0.25, 0.3) is 0 Å². The Balaban J connectivity index is 1.96. The van der Waals surface area contributed by atoms with Crippen molar-refractivity contribution in [2.24, 2.45) is 11.7 Å². The average Bonchev–Trinajstić information content (AvgIpc) is 3.12. The Bertz CT molecular complexity index is 678. The van der Waals surface area contributed by atoms with Crippen LogP contribution >= 0.6 is 0 Å². The number of hydrogen-bond donors (Lipinski definition) is 1. The van der Waals surface area contributed by atoms with Gasteiger partial charge in [-0.3, -0.25) is 9.59 Å². The smallest absolute Gasteiger partial charge is 0.228 e. The molecule has 0 unspecified atom stereocenters. The zero-order valence-electron chi connectivity index (χ0n) is 16.4. The van der Waals surface area contributed by atoms with Crippen molar-refractivity contribution in [1.29, 1.82) is 0 Å². The van der Waals surface area contributed by atoms with E-state index in [0.717, 1.165) is 30.6 Å². The Morgan fingerprint density at radius 2 is 2.07 bits per heavy atom.